The maximum atomic E-state index is 12.8. The number of benzene rings is 1. The zero-order chi connectivity index (χ0) is 17.2. The van der Waals surface area contributed by atoms with Crippen molar-refractivity contribution in [2.24, 2.45) is 11.3 Å². The number of carbonyl (C=O) groups excluding carboxylic acids is 1. The lowest BCUT2D eigenvalue weighted by Crippen LogP contribution is -2.49. The van der Waals surface area contributed by atoms with Crippen LogP contribution in [0.3, 0.4) is 0 Å². The zero-order valence-corrected chi connectivity index (χ0v) is 14.9. The minimum Gasteiger partial charge on any atom is -0.469 e. The predicted octanol–water partition coefficient (Wildman–Crippen LogP) is 3.90. The third kappa shape index (κ3) is 2.98. The number of ether oxygens (including phenoxy) is 3. The molecule has 0 amide bonds. The Hall–Kier alpha value is -1.39. The van der Waals surface area contributed by atoms with Crippen molar-refractivity contribution in [3.63, 3.8) is 0 Å². The second-order valence-electron chi connectivity index (χ2n) is 7.39. The summed E-state index contributed by atoms with van der Waals surface area (Å²) in [7, 11) is 1.48. The molecule has 2 fully saturated rings. The van der Waals surface area contributed by atoms with Crippen molar-refractivity contribution in [2.75, 3.05) is 20.3 Å². The van der Waals surface area contributed by atoms with Gasteiger partial charge >= 0.3 is 5.97 Å². The van der Waals surface area contributed by atoms with E-state index >= 15 is 0 Å². The van der Waals surface area contributed by atoms with Gasteiger partial charge in [-0.05, 0) is 29.7 Å². The Morgan fingerprint density at radius 3 is 2.38 bits per heavy atom. The van der Waals surface area contributed by atoms with Gasteiger partial charge in [0.1, 0.15) is 0 Å². The van der Waals surface area contributed by atoms with Crippen molar-refractivity contribution >= 4 is 5.97 Å². The van der Waals surface area contributed by atoms with E-state index < -0.39 is 5.79 Å². The first kappa shape index (κ1) is 17.4. The summed E-state index contributed by atoms with van der Waals surface area (Å²) >= 11 is 0. The molecular formula is C20H28O4. The van der Waals surface area contributed by atoms with E-state index in [0.29, 0.717) is 19.1 Å². The molecule has 0 radical (unpaired) electrons. The fraction of sp³-hybridized carbons (Fsp3) is 0.650. The second-order valence-corrected chi connectivity index (χ2v) is 7.39. The molecule has 3 rings (SSSR count). The van der Waals surface area contributed by atoms with E-state index in [1.165, 1.54) is 7.11 Å². The van der Waals surface area contributed by atoms with Crippen LogP contribution in [-0.4, -0.2) is 32.1 Å². The average Bonchev–Trinajstić information content (AvgIpc) is 3.03. The monoisotopic (exact) mass is 332 g/mol. The van der Waals surface area contributed by atoms with Crippen LogP contribution in [0.25, 0.3) is 0 Å². The highest BCUT2D eigenvalue weighted by Gasteiger charge is 2.55. The standard InChI is InChI=1S/C20H28O4/c1-15(2)19(10-7-11-20(14-19)23-12-13-24-20)17(18(21)22-3)16-8-5-4-6-9-16/h4-6,8-9,15,17H,7,10-14H2,1-3H3. The van der Waals surface area contributed by atoms with Crippen LogP contribution >= 0.6 is 0 Å². The lowest BCUT2D eigenvalue weighted by molar-refractivity contribution is -0.214. The van der Waals surface area contributed by atoms with Gasteiger partial charge in [0.25, 0.3) is 0 Å². The van der Waals surface area contributed by atoms with E-state index in [1.54, 1.807) is 0 Å². The molecule has 1 spiro atoms. The molecule has 4 heteroatoms. The van der Waals surface area contributed by atoms with E-state index in [0.717, 1.165) is 31.2 Å². The van der Waals surface area contributed by atoms with Gasteiger partial charge in [0, 0.05) is 12.8 Å². The van der Waals surface area contributed by atoms with Crippen LogP contribution < -0.4 is 0 Å². The smallest absolute Gasteiger partial charge is 0.313 e. The van der Waals surface area contributed by atoms with E-state index in [4.69, 9.17) is 14.2 Å². The van der Waals surface area contributed by atoms with E-state index in [9.17, 15) is 4.79 Å². The highest BCUT2D eigenvalue weighted by Crippen LogP contribution is 2.57. The van der Waals surface area contributed by atoms with Gasteiger partial charge in [-0.25, -0.2) is 0 Å². The molecule has 1 heterocycles. The van der Waals surface area contributed by atoms with Gasteiger partial charge < -0.3 is 14.2 Å². The van der Waals surface area contributed by atoms with E-state index in [2.05, 4.69) is 13.8 Å². The highest BCUT2D eigenvalue weighted by atomic mass is 16.7. The molecule has 0 bridgehead atoms. The van der Waals surface area contributed by atoms with Gasteiger partial charge in [0.15, 0.2) is 5.79 Å². The maximum Gasteiger partial charge on any atom is 0.313 e. The van der Waals surface area contributed by atoms with Gasteiger partial charge in [-0.15, -0.1) is 0 Å². The summed E-state index contributed by atoms with van der Waals surface area (Å²) < 4.78 is 17.2. The summed E-state index contributed by atoms with van der Waals surface area (Å²) in [4.78, 5) is 12.8. The Morgan fingerprint density at radius 2 is 1.79 bits per heavy atom. The molecule has 1 aromatic carbocycles. The molecule has 2 atom stereocenters. The topological polar surface area (TPSA) is 44.8 Å². The summed E-state index contributed by atoms with van der Waals surface area (Å²) in [5.74, 6) is -0.672. The Kier molecular flexibility index (Phi) is 4.97. The first-order valence-electron chi connectivity index (χ1n) is 8.94. The van der Waals surface area contributed by atoms with Gasteiger partial charge in [0.05, 0.1) is 26.2 Å². The summed E-state index contributed by atoms with van der Waals surface area (Å²) in [5.41, 5.74) is 0.796. The molecule has 132 valence electrons. The lowest BCUT2D eigenvalue weighted by atomic mass is 9.57. The quantitative estimate of drug-likeness (QED) is 0.784. The van der Waals surface area contributed by atoms with Crippen LogP contribution in [0.1, 0.15) is 51.0 Å². The minimum absolute atomic E-state index is 0.162. The molecule has 1 aliphatic carbocycles. The Bertz CT molecular complexity index is 562. The van der Waals surface area contributed by atoms with Crippen molar-refractivity contribution < 1.29 is 19.0 Å². The lowest BCUT2D eigenvalue weighted by Gasteiger charge is -2.50. The van der Waals surface area contributed by atoms with Crippen molar-refractivity contribution in [1.29, 1.82) is 0 Å². The van der Waals surface area contributed by atoms with Gasteiger partial charge in [0.2, 0.25) is 0 Å². The number of methoxy groups -OCH3 is 1. The first-order chi connectivity index (χ1) is 11.5. The largest absolute Gasteiger partial charge is 0.469 e. The Morgan fingerprint density at radius 1 is 1.12 bits per heavy atom. The highest BCUT2D eigenvalue weighted by molar-refractivity contribution is 5.79. The number of hydrogen-bond acceptors (Lipinski definition) is 4. The third-order valence-electron chi connectivity index (χ3n) is 5.91. The van der Waals surface area contributed by atoms with Crippen LogP contribution in [-0.2, 0) is 19.0 Å². The van der Waals surface area contributed by atoms with Gasteiger partial charge in [-0.1, -0.05) is 44.2 Å². The molecule has 2 unspecified atom stereocenters. The van der Waals surface area contributed by atoms with Crippen molar-refractivity contribution in [1.82, 2.24) is 0 Å². The number of carbonyl (C=O) groups is 1. The second kappa shape index (κ2) is 6.85. The maximum absolute atomic E-state index is 12.8. The van der Waals surface area contributed by atoms with Crippen LogP contribution in [0.2, 0.25) is 0 Å². The average molecular weight is 332 g/mol. The minimum atomic E-state index is -0.524. The third-order valence-corrected chi connectivity index (χ3v) is 5.91. The normalized spacial score (nSPS) is 27.3. The SMILES string of the molecule is COC(=O)C(c1ccccc1)C1(C(C)C)CCCC2(C1)OCCO2. The van der Waals surface area contributed by atoms with Gasteiger partial charge in [-0.3, -0.25) is 4.79 Å². The zero-order valence-electron chi connectivity index (χ0n) is 14.9. The summed E-state index contributed by atoms with van der Waals surface area (Å²) in [6, 6.07) is 10.0. The van der Waals surface area contributed by atoms with Crippen LogP contribution in [0.4, 0.5) is 0 Å². The molecule has 1 saturated heterocycles. The molecule has 24 heavy (non-hydrogen) atoms. The molecule has 2 aliphatic rings. The first-order valence-corrected chi connectivity index (χ1v) is 8.94. The van der Waals surface area contributed by atoms with Crippen LogP contribution in [0.15, 0.2) is 30.3 Å². The molecule has 0 aromatic heterocycles. The number of rotatable bonds is 4. The molecular weight excluding hydrogens is 304 g/mol. The Labute approximate surface area is 144 Å². The molecule has 1 saturated carbocycles. The fourth-order valence-corrected chi connectivity index (χ4v) is 4.65. The molecule has 1 aliphatic heterocycles. The van der Waals surface area contributed by atoms with E-state index in [-0.39, 0.29) is 17.3 Å². The number of esters is 1. The number of hydrogen-bond donors (Lipinski definition) is 0. The molecule has 4 nitrogen and oxygen atoms in total. The summed E-state index contributed by atoms with van der Waals surface area (Å²) in [5, 5.41) is 0. The predicted molar refractivity (Wildman–Crippen MR) is 91.6 cm³/mol. The molecule has 1 aromatic rings. The van der Waals surface area contributed by atoms with Crippen LogP contribution in [0, 0.1) is 11.3 Å². The Balaban J connectivity index is 2.04. The summed E-state index contributed by atoms with van der Waals surface area (Å²) in [6.45, 7) is 5.69. The van der Waals surface area contributed by atoms with Crippen molar-refractivity contribution in [2.45, 2.75) is 51.2 Å². The van der Waals surface area contributed by atoms with Crippen molar-refractivity contribution in [3.05, 3.63) is 35.9 Å². The molecule has 0 N–H and O–H groups in total. The van der Waals surface area contributed by atoms with Crippen LogP contribution in [0.5, 0.6) is 0 Å². The fourth-order valence-electron chi connectivity index (χ4n) is 4.65. The van der Waals surface area contributed by atoms with E-state index in [1.807, 2.05) is 30.3 Å². The van der Waals surface area contributed by atoms with Gasteiger partial charge in [-0.2, -0.15) is 0 Å². The summed E-state index contributed by atoms with van der Waals surface area (Å²) in [6.07, 6.45) is 3.63. The van der Waals surface area contributed by atoms with Crippen molar-refractivity contribution in [3.8, 4) is 0 Å².